The lowest BCUT2D eigenvalue weighted by Crippen LogP contribution is -2.12. The molecule has 0 bridgehead atoms. The summed E-state index contributed by atoms with van der Waals surface area (Å²) in [5.41, 5.74) is 1.95. The first kappa shape index (κ1) is 11.1. The number of pyridine rings is 1. The molecule has 1 heterocycles. The number of aryl methyl sites for hydroxylation is 1. The Morgan fingerprint density at radius 1 is 1.57 bits per heavy atom. The summed E-state index contributed by atoms with van der Waals surface area (Å²) in [6.45, 7) is 3.91. The third-order valence-electron chi connectivity index (χ3n) is 2.40. The highest BCUT2D eigenvalue weighted by atomic mass is 16.5. The van der Waals surface area contributed by atoms with Gasteiger partial charge in [0.1, 0.15) is 0 Å². The Bertz CT molecular complexity index is 288. The van der Waals surface area contributed by atoms with Crippen LogP contribution in [-0.2, 0) is 4.74 Å². The van der Waals surface area contributed by atoms with Gasteiger partial charge in [0.15, 0.2) is 0 Å². The van der Waals surface area contributed by atoms with E-state index in [9.17, 15) is 5.11 Å². The quantitative estimate of drug-likeness (QED) is 0.797. The molecule has 0 aliphatic heterocycles. The van der Waals surface area contributed by atoms with Gasteiger partial charge >= 0.3 is 0 Å². The van der Waals surface area contributed by atoms with Gasteiger partial charge in [0.2, 0.25) is 0 Å². The van der Waals surface area contributed by atoms with Crippen molar-refractivity contribution in [3.63, 3.8) is 0 Å². The molecule has 0 aliphatic rings. The van der Waals surface area contributed by atoms with Gasteiger partial charge in [-0.05, 0) is 25.5 Å². The van der Waals surface area contributed by atoms with Gasteiger partial charge in [-0.3, -0.25) is 4.98 Å². The topological polar surface area (TPSA) is 42.4 Å². The number of rotatable bonds is 4. The minimum atomic E-state index is -0.487. The number of ether oxygens (including phenoxy) is 1. The second kappa shape index (κ2) is 5.08. The molecule has 0 aromatic carbocycles. The van der Waals surface area contributed by atoms with E-state index in [-0.39, 0.29) is 6.10 Å². The maximum absolute atomic E-state index is 9.88. The van der Waals surface area contributed by atoms with Crippen LogP contribution in [0, 0.1) is 6.92 Å². The van der Waals surface area contributed by atoms with Gasteiger partial charge in [0.25, 0.3) is 0 Å². The number of aliphatic hydroxyl groups excluding tert-OH is 1. The normalized spacial score (nSPS) is 15.1. The predicted molar refractivity (Wildman–Crippen MR) is 55.0 cm³/mol. The molecule has 78 valence electrons. The van der Waals surface area contributed by atoms with Gasteiger partial charge in [-0.25, -0.2) is 0 Å². The molecular formula is C11H17NO2. The molecule has 2 atom stereocenters. The van der Waals surface area contributed by atoms with E-state index in [0.29, 0.717) is 6.42 Å². The molecule has 0 spiro atoms. The summed E-state index contributed by atoms with van der Waals surface area (Å²) in [6, 6.07) is 1.90. The lowest BCUT2D eigenvalue weighted by molar-refractivity contribution is 0.0556. The highest BCUT2D eigenvalue weighted by Gasteiger charge is 2.13. The van der Waals surface area contributed by atoms with Gasteiger partial charge in [0, 0.05) is 31.5 Å². The Labute approximate surface area is 84.7 Å². The smallest absolute Gasteiger partial charge is 0.0832 e. The van der Waals surface area contributed by atoms with Crippen LogP contribution in [-0.4, -0.2) is 23.3 Å². The van der Waals surface area contributed by atoms with E-state index in [1.54, 1.807) is 19.5 Å². The largest absolute Gasteiger partial charge is 0.388 e. The van der Waals surface area contributed by atoms with Crippen LogP contribution < -0.4 is 0 Å². The van der Waals surface area contributed by atoms with Crippen LogP contribution in [0.5, 0.6) is 0 Å². The van der Waals surface area contributed by atoms with Crippen LogP contribution in [0.4, 0.5) is 0 Å². The second-order valence-corrected chi connectivity index (χ2v) is 3.53. The average Bonchev–Trinajstić information content (AvgIpc) is 2.18. The maximum Gasteiger partial charge on any atom is 0.0832 e. The van der Waals surface area contributed by atoms with Gasteiger partial charge in [0.05, 0.1) is 12.2 Å². The second-order valence-electron chi connectivity index (χ2n) is 3.53. The fourth-order valence-electron chi connectivity index (χ4n) is 1.36. The number of hydrogen-bond acceptors (Lipinski definition) is 3. The van der Waals surface area contributed by atoms with Crippen molar-refractivity contribution in [2.75, 3.05) is 7.11 Å². The summed E-state index contributed by atoms with van der Waals surface area (Å²) >= 11 is 0. The Hall–Kier alpha value is -0.930. The molecule has 1 rings (SSSR count). The van der Waals surface area contributed by atoms with Gasteiger partial charge in [-0.2, -0.15) is 0 Å². The fourth-order valence-corrected chi connectivity index (χ4v) is 1.36. The third-order valence-corrected chi connectivity index (χ3v) is 2.40. The number of aromatic nitrogens is 1. The first-order valence-corrected chi connectivity index (χ1v) is 4.76. The summed E-state index contributed by atoms with van der Waals surface area (Å²) in [7, 11) is 1.65. The van der Waals surface area contributed by atoms with E-state index in [4.69, 9.17) is 4.74 Å². The van der Waals surface area contributed by atoms with Crippen molar-refractivity contribution >= 4 is 0 Å². The molecule has 1 aromatic rings. The molecule has 14 heavy (non-hydrogen) atoms. The predicted octanol–water partition coefficient (Wildman–Crippen LogP) is 1.85. The van der Waals surface area contributed by atoms with Gasteiger partial charge in [-0.15, -0.1) is 0 Å². The number of hydrogen-bond donors (Lipinski definition) is 1. The first-order valence-electron chi connectivity index (χ1n) is 4.76. The zero-order chi connectivity index (χ0) is 10.6. The van der Waals surface area contributed by atoms with Gasteiger partial charge < -0.3 is 9.84 Å². The van der Waals surface area contributed by atoms with Crippen LogP contribution in [0.25, 0.3) is 0 Å². The van der Waals surface area contributed by atoms with Crippen molar-refractivity contribution in [1.82, 2.24) is 4.98 Å². The van der Waals surface area contributed by atoms with Crippen LogP contribution >= 0.6 is 0 Å². The van der Waals surface area contributed by atoms with Crippen LogP contribution in [0.3, 0.4) is 0 Å². The lowest BCUT2D eigenvalue weighted by Gasteiger charge is -2.16. The van der Waals surface area contributed by atoms with E-state index in [1.165, 1.54) is 0 Å². The van der Waals surface area contributed by atoms with Crippen molar-refractivity contribution in [1.29, 1.82) is 0 Å². The Morgan fingerprint density at radius 3 is 2.86 bits per heavy atom. The Morgan fingerprint density at radius 2 is 2.29 bits per heavy atom. The SMILES string of the molecule is COC(C)CC(O)c1cnccc1C. The maximum atomic E-state index is 9.88. The number of methoxy groups -OCH3 is 1. The van der Waals surface area contributed by atoms with E-state index >= 15 is 0 Å². The lowest BCUT2D eigenvalue weighted by atomic mass is 10.0. The van der Waals surface area contributed by atoms with E-state index < -0.39 is 6.10 Å². The van der Waals surface area contributed by atoms with Crippen LogP contribution in [0.15, 0.2) is 18.5 Å². The molecule has 2 unspecified atom stereocenters. The van der Waals surface area contributed by atoms with Crippen molar-refractivity contribution in [2.45, 2.75) is 32.5 Å². The van der Waals surface area contributed by atoms with Crippen molar-refractivity contribution in [3.8, 4) is 0 Å². The first-order chi connectivity index (χ1) is 6.65. The summed E-state index contributed by atoms with van der Waals surface area (Å²) in [4.78, 5) is 4.00. The molecule has 1 N–H and O–H groups in total. The Kier molecular flexibility index (Phi) is 4.04. The molecule has 3 heteroatoms. The van der Waals surface area contributed by atoms with Crippen molar-refractivity contribution in [2.24, 2.45) is 0 Å². The summed E-state index contributed by atoms with van der Waals surface area (Å²) in [5, 5.41) is 9.88. The summed E-state index contributed by atoms with van der Waals surface area (Å²) < 4.78 is 5.10. The zero-order valence-electron chi connectivity index (χ0n) is 8.90. The summed E-state index contributed by atoms with van der Waals surface area (Å²) in [6.07, 6.45) is 3.61. The molecular weight excluding hydrogens is 178 g/mol. The number of nitrogens with zero attached hydrogens (tertiary/aromatic N) is 1. The van der Waals surface area contributed by atoms with Crippen LogP contribution in [0.1, 0.15) is 30.6 Å². The molecule has 0 fully saturated rings. The summed E-state index contributed by atoms with van der Waals surface area (Å²) in [5.74, 6) is 0. The van der Waals surface area contributed by atoms with Crippen molar-refractivity contribution in [3.05, 3.63) is 29.6 Å². The van der Waals surface area contributed by atoms with E-state index in [0.717, 1.165) is 11.1 Å². The highest BCUT2D eigenvalue weighted by Crippen LogP contribution is 2.21. The van der Waals surface area contributed by atoms with Gasteiger partial charge in [-0.1, -0.05) is 0 Å². The minimum Gasteiger partial charge on any atom is -0.388 e. The molecule has 0 saturated carbocycles. The van der Waals surface area contributed by atoms with E-state index in [2.05, 4.69) is 4.98 Å². The third kappa shape index (κ3) is 2.79. The number of aliphatic hydroxyl groups is 1. The van der Waals surface area contributed by atoms with E-state index in [1.807, 2.05) is 19.9 Å². The molecule has 0 saturated heterocycles. The molecule has 0 aliphatic carbocycles. The zero-order valence-corrected chi connectivity index (χ0v) is 8.90. The minimum absolute atomic E-state index is 0.0598. The Balaban J connectivity index is 2.69. The molecule has 0 radical (unpaired) electrons. The van der Waals surface area contributed by atoms with Crippen molar-refractivity contribution < 1.29 is 9.84 Å². The monoisotopic (exact) mass is 195 g/mol. The molecule has 0 amide bonds. The highest BCUT2D eigenvalue weighted by molar-refractivity contribution is 5.23. The fraction of sp³-hybridized carbons (Fsp3) is 0.545. The standard InChI is InChI=1S/C11H17NO2/c1-8-4-5-12-7-10(8)11(13)6-9(2)14-3/h4-5,7,9,11,13H,6H2,1-3H3. The molecule has 3 nitrogen and oxygen atoms in total. The molecule has 1 aromatic heterocycles. The van der Waals surface area contributed by atoms with Crippen LogP contribution in [0.2, 0.25) is 0 Å². The average molecular weight is 195 g/mol.